The molecule has 0 aliphatic rings. The Balaban J connectivity index is 2.63. The molecular formula is C9H11N5. The highest BCUT2D eigenvalue weighted by Crippen LogP contribution is 2.20. The molecule has 0 fully saturated rings. The topological polar surface area (TPSA) is 69.6 Å². The lowest BCUT2D eigenvalue weighted by Crippen LogP contribution is -2.01. The fourth-order valence-electron chi connectivity index (χ4n) is 1.28. The van der Waals surface area contributed by atoms with Gasteiger partial charge in [-0.05, 0) is 6.92 Å². The Morgan fingerprint density at radius 3 is 2.71 bits per heavy atom. The third-order valence-electron chi connectivity index (χ3n) is 2.16. The molecule has 2 aromatic rings. The number of nitrogen functional groups attached to an aromatic ring is 1. The highest BCUT2D eigenvalue weighted by molar-refractivity contribution is 5.60. The summed E-state index contributed by atoms with van der Waals surface area (Å²) in [6.45, 7) is 1.89. The maximum absolute atomic E-state index is 5.69. The standard InChI is InChI=1S/C9H11N5/c1-6-7(12-5-13-8(6)10)9-11-3-4-14(9)2/h3-5H,1-2H3,(H2,10,12,13). The van der Waals surface area contributed by atoms with Crippen molar-refractivity contribution in [3.8, 4) is 11.5 Å². The Bertz CT molecular complexity index is 460. The van der Waals surface area contributed by atoms with Crippen molar-refractivity contribution in [2.24, 2.45) is 7.05 Å². The predicted octanol–water partition coefficient (Wildman–Crippen LogP) is 0.768. The van der Waals surface area contributed by atoms with Gasteiger partial charge in [-0.3, -0.25) is 0 Å². The first-order chi connectivity index (χ1) is 6.70. The van der Waals surface area contributed by atoms with Gasteiger partial charge in [-0.2, -0.15) is 0 Å². The molecule has 0 radical (unpaired) electrons. The van der Waals surface area contributed by atoms with E-state index in [-0.39, 0.29) is 0 Å². The smallest absolute Gasteiger partial charge is 0.158 e. The maximum atomic E-state index is 5.69. The molecule has 72 valence electrons. The second kappa shape index (κ2) is 3.10. The van der Waals surface area contributed by atoms with E-state index in [0.717, 1.165) is 17.1 Å². The molecule has 0 aromatic carbocycles. The zero-order chi connectivity index (χ0) is 10.1. The SMILES string of the molecule is Cc1c(N)ncnc1-c1nccn1C. The van der Waals surface area contributed by atoms with Crippen molar-refractivity contribution in [2.75, 3.05) is 5.73 Å². The summed E-state index contributed by atoms with van der Waals surface area (Å²) < 4.78 is 1.90. The van der Waals surface area contributed by atoms with Gasteiger partial charge in [-0.15, -0.1) is 0 Å². The third kappa shape index (κ3) is 1.22. The predicted molar refractivity (Wildman–Crippen MR) is 53.4 cm³/mol. The average molecular weight is 189 g/mol. The molecule has 0 aliphatic carbocycles. The molecule has 0 aliphatic heterocycles. The third-order valence-corrected chi connectivity index (χ3v) is 2.16. The van der Waals surface area contributed by atoms with Crippen molar-refractivity contribution in [2.45, 2.75) is 6.92 Å². The minimum absolute atomic E-state index is 0.498. The van der Waals surface area contributed by atoms with E-state index in [2.05, 4.69) is 15.0 Å². The summed E-state index contributed by atoms with van der Waals surface area (Å²) in [7, 11) is 1.92. The summed E-state index contributed by atoms with van der Waals surface area (Å²) in [5.74, 6) is 1.30. The molecule has 2 rings (SSSR count). The lowest BCUT2D eigenvalue weighted by Gasteiger charge is -2.05. The number of rotatable bonds is 1. The van der Waals surface area contributed by atoms with Crippen molar-refractivity contribution in [1.82, 2.24) is 19.5 Å². The quantitative estimate of drug-likeness (QED) is 0.719. The first kappa shape index (κ1) is 8.68. The molecule has 0 unspecified atom stereocenters. The molecule has 2 aromatic heterocycles. The van der Waals surface area contributed by atoms with Crippen LogP contribution in [0.3, 0.4) is 0 Å². The zero-order valence-corrected chi connectivity index (χ0v) is 8.10. The zero-order valence-electron chi connectivity index (χ0n) is 8.10. The number of imidazole rings is 1. The van der Waals surface area contributed by atoms with Gasteiger partial charge in [0.1, 0.15) is 17.8 Å². The minimum Gasteiger partial charge on any atom is -0.383 e. The van der Waals surface area contributed by atoms with Crippen LogP contribution in [-0.4, -0.2) is 19.5 Å². The van der Waals surface area contributed by atoms with Crippen LogP contribution < -0.4 is 5.73 Å². The molecule has 0 bridgehead atoms. The average Bonchev–Trinajstić information content (AvgIpc) is 2.57. The number of nitrogens with zero attached hydrogens (tertiary/aromatic N) is 4. The first-order valence-corrected chi connectivity index (χ1v) is 4.25. The van der Waals surface area contributed by atoms with Gasteiger partial charge >= 0.3 is 0 Å². The van der Waals surface area contributed by atoms with Crippen molar-refractivity contribution < 1.29 is 0 Å². The van der Waals surface area contributed by atoms with Crippen LogP contribution in [0.25, 0.3) is 11.5 Å². The normalized spacial score (nSPS) is 10.4. The summed E-state index contributed by atoms with van der Waals surface area (Å²) >= 11 is 0. The number of aryl methyl sites for hydroxylation is 1. The van der Waals surface area contributed by atoms with Gasteiger partial charge in [0.25, 0.3) is 0 Å². The molecule has 5 heteroatoms. The molecule has 2 heterocycles. The van der Waals surface area contributed by atoms with Crippen molar-refractivity contribution in [3.05, 3.63) is 24.3 Å². The van der Waals surface area contributed by atoms with Crippen LogP contribution in [0.15, 0.2) is 18.7 Å². The molecule has 14 heavy (non-hydrogen) atoms. The van der Waals surface area contributed by atoms with Crippen LogP contribution in [0, 0.1) is 6.92 Å². The van der Waals surface area contributed by atoms with E-state index in [0.29, 0.717) is 5.82 Å². The van der Waals surface area contributed by atoms with Crippen LogP contribution >= 0.6 is 0 Å². The van der Waals surface area contributed by atoms with Gasteiger partial charge in [0.15, 0.2) is 5.82 Å². The van der Waals surface area contributed by atoms with Gasteiger partial charge in [-0.25, -0.2) is 15.0 Å². The van der Waals surface area contributed by atoms with E-state index < -0.39 is 0 Å². The largest absolute Gasteiger partial charge is 0.383 e. The van der Waals surface area contributed by atoms with E-state index in [9.17, 15) is 0 Å². The molecule has 2 N–H and O–H groups in total. The summed E-state index contributed by atoms with van der Waals surface area (Å²) in [4.78, 5) is 12.3. The van der Waals surface area contributed by atoms with Crippen molar-refractivity contribution in [3.63, 3.8) is 0 Å². The second-order valence-corrected chi connectivity index (χ2v) is 3.09. The van der Waals surface area contributed by atoms with Crippen molar-refractivity contribution >= 4 is 5.82 Å². The molecule has 0 saturated carbocycles. The van der Waals surface area contributed by atoms with Gasteiger partial charge in [-0.1, -0.05) is 0 Å². The minimum atomic E-state index is 0.498. The Kier molecular flexibility index (Phi) is 1.92. The Hall–Kier alpha value is -1.91. The summed E-state index contributed by atoms with van der Waals surface area (Å²) in [5.41, 5.74) is 7.33. The first-order valence-electron chi connectivity index (χ1n) is 4.25. The van der Waals surface area contributed by atoms with Gasteiger partial charge in [0.2, 0.25) is 0 Å². The summed E-state index contributed by atoms with van der Waals surface area (Å²) in [6.07, 6.45) is 5.05. The molecule has 0 spiro atoms. The number of aromatic nitrogens is 4. The van der Waals surface area contributed by atoms with E-state index in [1.54, 1.807) is 6.20 Å². The van der Waals surface area contributed by atoms with Crippen LogP contribution in [0.5, 0.6) is 0 Å². The highest BCUT2D eigenvalue weighted by Gasteiger charge is 2.10. The van der Waals surface area contributed by atoms with E-state index in [1.807, 2.05) is 24.7 Å². The Morgan fingerprint density at radius 2 is 2.07 bits per heavy atom. The molecular weight excluding hydrogens is 178 g/mol. The van der Waals surface area contributed by atoms with Gasteiger partial charge < -0.3 is 10.3 Å². The van der Waals surface area contributed by atoms with Crippen LogP contribution in [-0.2, 0) is 7.05 Å². The fraction of sp³-hybridized carbons (Fsp3) is 0.222. The second-order valence-electron chi connectivity index (χ2n) is 3.09. The van der Waals surface area contributed by atoms with Crippen LogP contribution in [0.4, 0.5) is 5.82 Å². The Morgan fingerprint density at radius 1 is 1.29 bits per heavy atom. The fourth-order valence-corrected chi connectivity index (χ4v) is 1.28. The number of hydrogen-bond acceptors (Lipinski definition) is 4. The highest BCUT2D eigenvalue weighted by atomic mass is 15.1. The van der Waals surface area contributed by atoms with Crippen LogP contribution in [0.2, 0.25) is 0 Å². The number of anilines is 1. The van der Waals surface area contributed by atoms with Gasteiger partial charge in [0, 0.05) is 25.0 Å². The molecule has 0 atom stereocenters. The van der Waals surface area contributed by atoms with Gasteiger partial charge in [0.05, 0.1) is 0 Å². The lowest BCUT2D eigenvalue weighted by molar-refractivity contribution is 0.912. The van der Waals surface area contributed by atoms with Crippen LogP contribution in [0.1, 0.15) is 5.56 Å². The van der Waals surface area contributed by atoms with Crippen molar-refractivity contribution in [1.29, 1.82) is 0 Å². The van der Waals surface area contributed by atoms with E-state index in [4.69, 9.17) is 5.73 Å². The molecule has 5 nitrogen and oxygen atoms in total. The summed E-state index contributed by atoms with van der Waals surface area (Å²) in [5, 5.41) is 0. The Labute approximate surface area is 81.6 Å². The lowest BCUT2D eigenvalue weighted by atomic mass is 10.2. The van der Waals surface area contributed by atoms with E-state index in [1.165, 1.54) is 6.33 Å². The number of nitrogens with two attached hydrogens (primary N) is 1. The maximum Gasteiger partial charge on any atom is 0.158 e. The molecule has 0 saturated heterocycles. The monoisotopic (exact) mass is 189 g/mol. The van der Waals surface area contributed by atoms with E-state index >= 15 is 0 Å². The molecule has 0 amide bonds. The summed E-state index contributed by atoms with van der Waals surface area (Å²) in [6, 6.07) is 0. The number of hydrogen-bond donors (Lipinski definition) is 1.